The molecule has 5 nitrogen and oxygen atoms in total. The molecule has 0 atom stereocenters. The number of hydrogen-bond donors (Lipinski definition) is 0. The number of nitrogens with zero attached hydrogens (tertiary/aromatic N) is 4. The van der Waals surface area contributed by atoms with Crippen molar-refractivity contribution in [2.45, 2.75) is 64.9 Å². The number of hydrogen-bond acceptors (Lipinski definition) is 5. The van der Waals surface area contributed by atoms with Crippen molar-refractivity contribution in [2.75, 3.05) is 18.0 Å². The first-order valence-electron chi connectivity index (χ1n) is 10.7. The SMILES string of the molecule is CCCCCCN1CCCc2cc(C3=C(C#N)C(=C(C#N)C#N)OC3(C)C)ccc21. The molecule has 2 aliphatic rings. The van der Waals surface area contributed by atoms with Crippen molar-refractivity contribution in [3.63, 3.8) is 0 Å². The maximum Gasteiger partial charge on any atom is 0.172 e. The van der Waals surface area contributed by atoms with E-state index in [-0.39, 0.29) is 16.9 Å². The van der Waals surface area contributed by atoms with Gasteiger partial charge in [-0.15, -0.1) is 0 Å². The minimum Gasteiger partial charge on any atom is -0.480 e. The van der Waals surface area contributed by atoms with E-state index in [2.05, 4.69) is 30.0 Å². The number of ether oxygens (including phenoxy) is 1. The van der Waals surface area contributed by atoms with Crippen LogP contribution in [0.25, 0.3) is 5.57 Å². The van der Waals surface area contributed by atoms with Crippen molar-refractivity contribution < 1.29 is 4.74 Å². The van der Waals surface area contributed by atoms with Crippen molar-refractivity contribution in [1.29, 1.82) is 15.8 Å². The highest BCUT2D eigenvalue weighted by molar-refractivity contribution is 5.85. The van der Waals surface area contributed by atoms with Gasteiger partial charge in [0.05, 0.1) is 0 Å². The van der Waals surface area contributed by atoms with E-state index in [1.807, 2.05) is 32.1 Å². The van der Waals surface area contributed by atoms with E-state index in [9.17, 15) is 15.8 Å². The van der Waals surface area contributed by atoms with Crippen LogP contribution < -0.4 is 4.90 Å². The monoisotopic (exact) mass is 400 g/mol. The van der Waals surface area contributed by atoms with Gasteiger partial charge in [-0.1, -0.05) is 32.3 Å². The zero-order valence-corrected chi connectivity index (χ0v) is 18.1. The Bertz CT molecular complexity index is 995. The quantitative estimate of drug-likeness (QED) is 0.471. The van der Waals surface area contributed by atoms with E-state index in [4.69, 9.17) is 4.74 Å². The summed E-state index contributed by atoms with van der Waals surface area (Å²) in [5, 5.41) is 28.4. The molecule has 0 unspecified atom stereocenters. The lowest BCUT2D eigenvalue weighted by atomic mass is 9.86. The first kappa shape index (κ1) is 21.5. The van der Waals surface area contributed by atoms with Crippen LogP contribution in [0.1, 0.15) is 64.0 Å². The van der Waals surface area contributed by atoms with Crippen LogP contribution in [-0.2, 0) is 11.2 Å². The first-order chi connectivity index (χ1) is 14.5. The van der Waals surface area contributed by atoms with E-state index in [0.717, 1.165) is 37.1 Å². The highest BCUT2D eigenvalue weighted by atomic mass is 16.5. The maximum absolute atomic E-state index is 9.81. The third-order valence-electron chi connectivity index (χ3n) is 5.86. The van der Waals surface area contributed by atoms with Crippen molar-refractivity contribution in [2.24, 2.45) is 0 Å². The fraction of sp³-hybridized carbons (Fsp3) is 0.480. The van der Waals surface area contributed by atoms with Crippen molar-refractivity contribution in [3.8, 4) is 18.2 Å². The summed E-state index contributed by atoms with van der Waals surface area (Å²) >= 11 is 0. The molecule has 0 amide bonds. The van der Waals surface area contributed by atoms with E-state index >= 15 is 0 Å². The zero-order valence-electron chi connectivity index (χ0n) is 18.1. The molecule has 0 spiro atoms. The van der Waals surface area contributed by atoms with Gasteiger partial charge in [0, 0.05) is 24.4 Å². The Kier molecular flexibility index (Phi) is 6.49. The number of fused-ring (bicyclic) bond motifs is 1. The predicted octanol–water partition coefficient (Wildman–Crippen LogP) is 5.41. The topological polar surface area (TPSA) is 83.8 Å². The van der Waals surface area contributed by atoms with Gasteiger partial charge in [0.1, 0.15) is 29.4 Å². The number of aryl methyl sites for hydroxylation is 1. The summed E-state index contributed by atoms with van der Waals surface area (Å²) in [6, 6.07) is 12.2. The average molecular weight is 401 g/mol. The molecule has 2 heterocycles. The maximum atomic E-state index is 9.81. The Morgan fingerprint density at radius 2 is 1.90 bits per heavy atom. The standard InChI is InChI=1S/C25H28N4O/c1-4-5-6-7-12-29-13-8-9-18-14-19(10-11-22(18)29)23-21(17-28)24(20(15-26)16-27)30-25(23,2)3/h10-11,14H,4-9,12-13H2,1-3H3. The highest BCUT2D eigenvalue weighted by Gasteiger charge is 2.41. The molecule has 154 valence electrons. The number of benzene rings is 1. The molecular formula is C25H28N4O. The Morgan fingerprint density at radius 1 is 1.13 bits per heavy atom. The van der Waals surface area contributed by atoms with Crippen LogP contribution in [-0.4, -0.2) is 18.7 Å². The minimum absolute atomic E-state index is 0.0952. The van der Waals surface area contributed by atoms with Crippen molar-refractivity contribution in [1.82, 2.24) is 0 Å². The smallest absolute Gasteiger partial charge is 0.172 e. The minimum atomic E-state index is -0.790. The van der Waals surface area contributed by atoms with Crippen LogP contribution in [0.5, 0.6) is 0 Å². The summed E-state index contributed by atoms with van der Waals surface area (Å²) in [7, 11) is 0. The fourth-order valence-electron chi connectivity index (χ4n) is 4.47. The van der Waals surface area contributed by atoms with Gasteiger partial charge in [-0.2, -0.15) is 15.8 Å². The molecule has 3 rings (SSSR count). The molecule has 1 aromatic carbocycles. The van der Waals surface area contributed by atoms with Gasteiger partial charge < -0.3 is 9.64 Å². The lowest BCUT2D eigenvalue weighted by Crippen LogP contribution is -2.30. The van der Waals surface area contributed by atoms with Gasteiger partial charge in [-0.3, -0.25) is 0 Å². The Morgan fingerprint density at radius 3 is 2.57 bits per heavy atom. The predicted molar refractivity (Wildman–Crippen MR) is 117 cm³/mol. The molecular weight excluding hydrogens is 372 g/mol. The van der Waals surface area contributed by atoms with Crippen LogP contribution in [0.4, 0.5) is 5.69 Å². The van der Waals surface area contributed by atoms with E-state index < -0.39 is 5.60 Å². The van der Waals surface area contributed by atoms with Gasteiger partial charge in [0.15, 0.2) is 11.3 Å². The van der Waals surface area contributed by atoms with Gasteiger partial charge >= 0.3 is 0 Å². The van der Waals surface area contributed by atoms with Crippen LogP contribution in [0.15, 0.2) is 35.1 Å². The fourth-order valence-corrected chi connectivity index (χ4v) is 4.47. The lowest BCUT2D eigenvalue weighted by Gasteiger charge is -2.32. The Labute approximate surface area is 179 Å². The van der Waals surface area contributed by atoms with E-state index in [0.29, 0.717) is 0 Å². The third-order valence-corrected chi connectivity index (χ3v) is 5.86. The van der Waals surface area contributed by atoms with Gasteiger partial charge in [0.2, 0.25) is 0 Å². The van der Waals surface area contributed by atoms with Crippen LogP contribution in [0.3, 0.4) is 0 Å². The summed E-state index contributed by atoms with van der Waals surface area (Å²) < 4.78 is 5.93. The molecule has 0 aliphatic carbocycles. The van der Waals surface area contributed by atoms with Gasteiger partial charge in [-0.05, 0) is 56.4 Å². The normalized spacial score (nSPS) is 16.9. The number of anilines is 1. The molecule has 0 saturated carbocycles. The van der Waals surface area contributed by atoms with Crippen molar-refractivity contribution >= 4 is 11.3 Å². The number of rotatable bonds is 6. The molecule has 0 fully saturated rings. The van der Waals surface area contributed by atoms with Crippen LogP contribution >= 0.6 is 0 Å². The zero-order chi connectivity index (χ0) is 21.7. The number of allylic oxidation sites excluding steroid dienone is 2. The molecule has 0 radical (unpaired) electrons. The van der Waals surface area contributed by atoms with Gasteiger partial charge in [0.25, 0.3) is 0 Å². The second-order valence-electron chi connectivity index (χ2n) is 8.40. The number of unbranched alkanes of at least 4 members (excludes halogenated alkanes) is 3. The molecule has 0 aromatic heterocycles. The molecule has 5 heteroatoms. The molecule has 1 aromatic rings. The molecule has 0 bridgehead atoms. The molecule has 0 saturated heterocycles. The second-order valence-corrected chi connectivity index (χ2v) is 8.40. The van der Waals surface area contributed by atoms with Crippen molar-refractivity contribution in [3.05, 3.63) is 46.2 Å². The summed E-state index contributed by atoms with van der Waals surface area (Å²) in [6.45, 7) is 8.14. The molecule has 2 aliphatic heterocycles. The Hall–Kier alpha value is -3.23. The Balaban J connectivity index is 2.00. The highest BCUT2D eigenvalue weighted by Crippen LogP contribution is 2.45. The van der Waals surface area contributed by atoms with E-state index in [1.165, 1.54) is 36.9 Å². The van der Waals surface area contributed by atoms with E-state index in [1.54, 1.807) is 0 Å². The van der Waals surface area contributed by atoms with Crippen LogP contribution in [0, 0.1) is 34.0 Å². The lowest BCUT2D eigenvalue weighted by molar-refractivity contribution is 0.109. The number of nitriles is 3. The molecule has 30 heavy (non-hydrogen) atoms. The summed E-state index contributed by atoms with van der Waals surface area (Å²) in [4.78, 5) is 2.48. The van der Waals surface area contributed by atoms with Crippen LogP contribution in [0.2, 0.25) is 0 Å². The summed E-state index contributed by atoms with van der Waals surface area (Å²) in [5.41, 5.74) is 3.56. The largest absolute Gasteiger partial charge is 0.480 e. The second kappa shape index (κ2) is 9.06. The summed E-state index contributed by atoms with van der Waals surface area (Å²) in [5.74, 6) is 0.0952. The molecule has 0 N–H and O–H groups in total. The first-order valence-corrected chi connectivity index (χ1v) is 10.7. The van der Waals surface area contributed by atoms with Gasteiger partial charge in [-0.25, -0.2) is 0 Å². The summed E-state index contributed by atoms with van der Waals surface area (Å²) in [6.07, 6.45) is 7.12. The average Bonchev–Trinajstić information content (AvgIpc) is 3.02. The third kappa shape index (κ3) is 4.05.